The van der Waals surface area contributed by atoms with E-state index in [4.69, 9.17) is 11.6 Å². The highest BCUT2D eigenvalue weighted by molar-refractivity contribution is 6.31. The van der Waals surface area contributed by atoms with Crippen LogP contribution in [0.1, 0.15) is 5.56 Å². The Hall–Kier alpha value is -0.770. The number of hydrogen-bond acceptors (Lipinski definition) is 3. The number of nitrogens with one attached hydrogen (secondary N) is 1. The summed E-state index contributed by atoms with van der Waals surface area (Å²) in [6.07, 6.45) is 0. The molecule has 0 radical (unpaired) electrons. The Morgan fingerprint density at radius 2 is 2.07 bits per heavy atom. The molecule has 0 bridgehead atoms. The zero-order valence-corrected chi connectivity index (χ0v) is 9.30. The smallest absolute Gasteiger partial charge is 0.134 e. The quantitative estimate of drug-likeness (QED) is 0.802. The molecule has 1 fully saturated rings. The van der Waals surface area contributed by atoms with E-state index in [1.807, 2.05) is 6.07 Å². The molecular weight excluding hydrogens is 212 g/mol. The van der Waals surface area contributed by atoms with E-state index in [-0.39, 0.29) is 5.75 Å². The fourth-order valence-electron chi connectivity index (χ4n) is 1.78. The van der Waals surface area contributed by atoms with Gasteiger partial charge in [-0.15, -0.1) is 0 Å². The van der Waals surface area contributed by atoms with Crippen LogP contribution in [0, 0.1) is 0 Å². The molecule has 0 atom stereocenters. The Balaban J connectivity index is 2.00. The lowest BCUT2D eigenvalue weighted by Crippen LogP contribution is -2.42. The van der Waals surface area contributed by atoms with Crippen LogP contribution in [-0.2, 0) is 6.54 Å². The molecular formula is C11H15ClN2O. The molecule has 1 aromatic carbocycles. The summed E-state index contributed by atoms with van der Waals surface area (Å²) in [6.45, 7) is 5.08. The molecule has 1 saturated heterocycles. The fourth-order valence-corrected chi connectivity index (χ4v) is 1.90. The van der Waals surface area contributed by atoms with Crippen LogP contribution in [0.4, 0.5) is 0 Å². The number of rotatable bonds is 2. The van der Waals surface area contributed by atoms with E-state index >= 15 is 0 Å². The predicted molar refractivity (Wildman–Crippen MR) is 61.3 cm³/mol. The normalized spacial score (nSPS) is 17.9. The van der Waals surface area contributed by atoms with E-state index in [9.17, 15) is 5.11 Å². The Labute approximate surface area is 94.7 Å². The average Bonchev–Trinajstić information content (AvgIpc) is 2.25. The topological polar surface area (TPSA) is 35.5 Å². The Bertz CT molecular complexity index is 337. The van der Waals surface area contributed by atoms with Crippen molar-refractivity contribution in [3.63, 3.8) is 0 Å². The molecule has 4 heteroatoms. The predicted octanol–water partition coefficient (Wildman–Crippen LogP) is 1.45. The second-order valence-corrected chi connectivity index (χ2v) is 4.22. The third kappa shape index (κ3) is 2.84. The molecule has 0 aromatic heterocycles. The van der Waals surface area contributed by atoms with Gasteiger partial charge in [-0.2, -0.15) is 0 Å². The minimum absolute atomic E-state index is 0.171. The Kier molecular flexibility index (Phi) is 3.46. The second-order valence-electron chi connectivity index (χ2n) is 3.81. The van der Waals surface area contributed by atoms with Gasteiger partial charge in [-0.3, -0.25) is 4.90 Å². The van der Waals surface area contributed by atoms with E-state index in [0.29, 0.717) is 5.02 Å². The summed E-state index contributed by atoms with van der Waals surface area (Å²) in [7, 11) is 0. The molecule has 0 unspecified atom stereocenters. The number of piperazine rings is 1. The van der Waals surface area contributed by atoms with Gasteiger partial charge in [0.05, 0.1) is 5.02 Å². The molecule has 0 spiro atoms. The van der Waals surface area contributed by atoms with Crippen molar-refractivity contribution < 1.29 is 5.11 Å². The van der Waals surface area contributed by atoms with Gasteiger partial charge in [0.15, 0.2) is 0 Å². The third-order valence-corrected chi connectivity index (χ3v) is 2.95. The van der Waals surface area contributed by atoms with Crippen LogP contribution in [0.25, 0.3) is 0 Å². The SMILES string of the molecule is Oc1cc(CN2CCNCC2)ccc1Cl. The number of benzene rings is 1. The first kappa shape index (κ1) is 10.7. The van der Waals surface area contributed by atoms with Crippen molar-refractivity contribution in [1.29, 1.82) is 0 Å². The third-order valence-electron chi connectivity index (χ3n) is 2.63. The molecule has 3 nitrogen and oxygen atoms in total. The van der Waals surface area contributed by atoms with Gasteiger partial charge in [0.1, 0.15) is 5.75 Å². The first-order valence-corrected chi connectivity index (χ1v) is 5.54. The lowest BCUT2D eigenvalue weighted by Gasteiger charge is -2.27. The number of phenolic OH excluding ortho intramolecular Hbond substituents is 1. The highest BCUT2D eigenvalue weighted by atomic mass is 35.5. The maximum atomic E-state index is 9.47. The highest BCUT2D eigenvalue weighted by Crippen LogP contribution is 2.24. The van der Waals surface area contributed by atoms with Gasteiger partial charge in [0, 0.05) is 32.7 Å². The van der Waals surface area contributed by atoms with Crippen LogP contribution in [0.3, 0.4) is 0 Å². The zero-order chi connectivity index (χ0) is 10.7. The molecule has 0 amide bonds. The van der Waals surface area contributed by atoms with Gasteiger partial charge in [-0.05, 0) is 17.7 Å². The van der Waals surface area contributed by atoms with Crippen LogP contribution >= 0.6 is 11.6 Å². The van der Waals surface area contributed by atoms with E-state index in [1.54, 1.807) is 12.1 Å². The number of nitrogens with zero attached hydrogens (tertiary/aromatic N) is 1. The van der Waals surface area contributed by atoms with E-state index in [2.05, 4.69) is 10.2 Å². The summed E-state index contributed by atoms with van der Waals surface area (Å²) in [5.41, 5.74) is 1.11. The number of hydrogen-bond donors (Lipinski definition) is 2. The van der Waals surface area contributed by atoms with Gasteiger partial charge < -0.3 is 10.4 Å². The van der Waals surface area contributed by atoms with E-state index in [1.165, 1.54) is 0 Å². The molecule has 2 rings (SSSR count). The number of halogens is 1. The van der Waals surface area contributed by atoms with Crippen molar-refractivity contribution in [3.05, 3.63) is 28.8 Å². The molecule has 1 heterocycles. The summed E-state index contributed by atoms with van der Waals surface area (Å²) in [6, 6.07) is 5.45. The molecule has 2 N–H and O–H groups in total. The lowest BCUT2D eigenvalue weighted by atomic mass is 10.2. The van der Waals surface area contributed by atoms with Crippen molar-refractivity contribution >= 4 is 11.6 Å². The molecule has 1 aliphatic heterocycles. The summed E-state index contributed by atoms with van der Waals surface area (Å²) in [5, 5.41) is 13.2. The van der Waals surface area contributed by atoms with Crippen LogP contribution < -0.4 is 5.32 Å². The van der Waals surface area contributed by atoms with Gasteiger partial charge in [-0.25, -0.2) is 0 Å². The second kappa shape index (κ2) is 4.84. The summed E-state index contributed by atoms with van der Waals surface area (Å²) in [4.78, 5) is 2.36. The monoisotopic (exact) mass is 226 g/mol. The van der Waals surface area contributed by atoms with Gasteiger partial charge in [0.25, 0.3) is 0 Å². The van der Waals surface area contributed by atoms with Crippen LogP contribution in [0.15, 0.2) is 18.2 Å². The highest BCUT2D eigenvalue weighted by Gasteiger charge is 2.10. The molecule has 0 saturated carbocycles. The minimum Gasteiger partial charge on any atom is -0.506 e. The molecule has 1 aliphatic rings. The van der Waals surface area contributed by atoms with Crippen molar-refractivity contribution in [2.45, 2.75) is 6.54 Å². The van der Waals surface area contributed by atoms with Crippen molar-refractivity contribution in [3.8, 4) is 5.75 Å². The van der Waals surface area contributed by atoms with Crippen molar-refractivity contribution in [1.82, 2.24) is 10.2 Å². The average molecular weight is 227 g/mol. The number of phenols is 1. The van der Waals surface area contributed by atoms with Crippen LogP contribution in [-0.4, -0.2) is 36.2 Å². The van der Waals surface area contributed by atoms with E-state index in [0.717, 1.165) is 38.3 Å². The Morgan fingerprint density at radius 3 is 2.73 bits per heavy atom. The maximum absolute atomic E-state index is 9.47. The van der Waals surface area contributed by atoms with Gasteiger partial charge >= 0.3 is 0 Å². The first-order valence-electron chi connectivity index (χ1n) is 5.16. The van der Waals surface area contributed by atoms with E-state index < -0.39 is 0 Å². The van der Waals surface area contributed by atoms with Crippen molar-refractivity contribution in [2.24, 2.45) is 0 Å². The Morgan fingerprint density at radius 1 is 1.33 bits per heavy atom. The number of aromatic hydroxyl groups is 1. The summed E-state index contributed by atoms with van der Waals surface area (Å²) >= 11 is 5.75. The van der Waals surface area contributed by atoms with Gasteiger partial charge in [0.2, 0.25) is 0 Å². The summed E-state index contributed by atoms with van der Waals surface area (Å²) < 4.78 is 0. The fraction of sp³-hybridized carbons (Fsp3) is 0.455. The first-order chi connectivity index (χ1) is 7.25. The standard InChI is InChI=1S/C11H15ClN2O/c12-10-2-1-9(7-11(10)15)8-14-5-3-13-4-6-14/h1-2,7,13,15H,3-6,8H2. The largest absolute Gasteiger partial charge is 0.506 e. The molecule has 15 heavy (non-hydrogen) atoms. The molecule has 0 aliphatic carbocycles. The lowest BCUT2D eigenvalue weighted by molar-refractivity contribution is 0.233. The van der Waals surface area contributed by atoms with Crippen LogP contribution in [0.2, 0.25) is 5.02 Å². The van der Waals surface area contributed by atoms with Crippen molar-refractivity contribution in [2.75, 3.05) is 26.2 Å². The summed E-state index contributed by atoms with van der Waals surface area (Å²) in [5.74, 6) is 0.171. The minimum atomic E-state index is 0.171. The maximum Gasteiger partial charge on any atom is 0.134 e. The zero-order valence-electron chi connectivity index (χ0n) is 8.54. The molecule has 1 aromatic rings. The van der Waals surface area contributed by atoms with Gasteiger partial charge in [-0.1, -0.05) is 17.7 Å². The van der Waals surface area contributed by atoms with Crippen LogP contribution in [0.5, 0.6) is 5.75 Å². The molecule has 82 valence electrons.